The lowest BCUT2D eigenvalue weighted by Gasteiger charge is -2.21. The number of allylic oxidation sites excluding steroid dienone is 10. The number of para-hydroxylation sites is 1. The van der Waals surface area contributed by atoms with Crippen molar-refractivity contribution in [3.8, 4) is 5.95 Å². The summed E-state index contributed by atoms with van der Waals surface area (Å²) in [5, 5.41) is 5.14. The van der Waals surface area contributed by atoms with Crippen LogP contribution in [-0.4, -0.2) is 14.5 Å². The maximum Gasteiger partial charge on any atom is 0.235 e. The molecular weight excluding hydrogens is 506 g/mol. The third kappa shape index (κ3) is 3.56. The van der Waals surface area contributed by atoms with Crippen molar-refractivity contribution in [2.24, 2.45) is 0 Å². The Balaban J connectivity index is 1.44. The van der Waals surface area contributed by atoms with Crippen LogP contribution in [0.3, 0.4) is 0 Å². The number of benzene rings is 3. The van der Waals surface area contributed by atoms with E-state index in [-0.39, 0.29) is 11.8 Å². The fraction of sp³-hybridized carbons (Fsp3) is 0.111. The first kappa shape index (κ1) is 23.4. The first-order valence-electron chi connectivity index (χ1n) is 13.9. The van der Waals surface area contributed by atoms with Gasteiger partial charge in [-0.15, -0.1) is 11.3 Å². The molecule has 0 saturated heterocycles. The number of fused-ring (bicyclic) bond motifs is 7. The molecule has 0 aliphatic heterocycles. The highest BCUT2D eigenvalue weighted by atomic mass is 32.1. The summed E-state index contributed by atoms with van der Waals surface area (Å²) in [5.41, 5.74) is 5.63. The topological polar surface area (TPSA) is 30.7 Å². The summed E-state index contributed by atoms with van der Waals surface area (Å²) in [4.78, 5) is 10.6. The largest absolute Gasteiger partial charge is 0.278 e. The first-order chi connectivity index (χ1) is 19.8. The second-order valence-electron chi connectivity index (χ2n) is 10.5. The van der Waals surface area contributed by atoms with Crippen LogP contribution in [0.5, 0.6) is 0 Å². The Bertz CT molecular complexity index is 2110. The smallest absolute Gasteiger partial charge is 0.235 e. The minimum absolute atomic E-state index is 0.0982. The van der Waals surface area contributed by atoms with Gasteiger partial charge in [-0.1, -0.05) is 97.1 Å². The summed E-state index contributed by atoms with van der Waals surface area (Å²) in [6, 6.07) is 24.2. The van der Waals surface area contributed by atoms with Crippen LogP contribution in [0, 0.1) is 0 Å². The highest BCUT2D eigenvalue weighted by molar-refractivity contribution is 7.26. The molecule has 0 fully saturated rings. The number of nitrogens with zero attached hydrogens (tertiary/aromatic N) is 3. The van der Waals surface area contributed by atoms with Gasteiger partial charge < -0.3 is 0 Å². The van der Waals surface area contributed by atoms with Gasteiger partial charge in [-0.2, -0.15) is 0 Å². The predicted octanol–water partition coefficient (Wildman–Crippen LogP) is 9.70. The van der Waals surface area contributed by atoms with Gasteiger partial charge >= 0.3 is 0 Å². The third-order valence-electron chi connectivity index (χ3n) is 8.21. The zero-order chi connectivity index (χ0) is 26.6. The van der Waals surface area contributed by atoms with Gasteiger partial charge in [-0.25, -0.2) is 9.97 Å². The average Bonchev–Trinajstić information content (AvgIpc) is 3.57. The summed E-state index contributed by atoms with van der Waals surface area (Å²) in [7, 11) is 0. The molecule has 8 rings (SSSR count). The monoisotopic (exact) mass is 533 g/mol. The van der Waals surface area contributed by atoms with Crippen LogP contribution in [0.1, 0.15) is 36.6 Å². The molecule has 40 heavy (non-hydrogen) atoms. The molecule has 0 radical (unpaired) electrons. The van der Waals surface area contributed by atoms with Crippen molar-refractivity contribution in [1.82, 2.24) is 14.5 Å². The van der Waals surface area contributed by atoms with E-state index < -0.39 is 0 Å². The third-order valence-corrected chi connectivity index (χ3v) is 9.41. The van der Waals surface area contributed by atoms with Crippen molar-refractivity contribution < 1.29 is 0 Å². The molecule has 4 heteroatoms. The number of hydrogen-bond donors (Lipinski definition) is 0. The van der Waals surface area contributed by atoms with Gasteiger partial charge in [0.15, 0.2) is 0 Å². The number of aromatic nitrogens is 3. The molecule has 0 bridgehead atoms. The van der Waals surface area contributed by atoms with E-state index in [2.05, 4.69) is 133 Å². The summed E-state index contributed by atoms with van der Waals surface area (Å²) < 4.78 is 4.92. The molecule has 3 nitrogen and oxygen atoms in total. The summed E-state index contributed by atoms with van der Waals surface area (Å²) in [5.74, 6) is 1.06. The Morgan fingerprint density at radius 3 is 2.50 bits per heavy atom. The summed E-state index contributed by atoms with van der Waals surface area (Å²) in [6.45, 7) is 2.10. The lowest BCUT2D eigenvalue weighted by molar-refractivity contribution is 0.777. The van der Waals surface area contributed by atoms with Gasteiger partial charge in [0.05, 0.1) is 22.4 Å². The molecule has 2 aliphatic rings. The molecular formula is C36H27N3S. The van der Waals surface area contributed by atoms with E-state index in [0.29, 0.717) is 0 Å². The van der Waals surface area contributed by atoms with E-state index >= 15 is 0 Å². The Kier molecular flexibility index (Phi) is 5.42. The Hall–Kier alpha value is -4.54. The van der Waals surface area contributed by atoms with E-state index in [1.54, 1.807) is 0 Å². The molecule has 192 valence electrons. The Morgan fingerprint density at radius 2 is 1.62 bits per heavy atom. The first-order valence-corrected chi connectivity index (χ1v) is 14.7. The maximum absolute atomic E-state index is 5.30. The number of thiophene rings is 1. The van der Waals surface area contributed by atoms with E-state index in [1.165, 1.54) is 36.5 Å². The number of hydrogen-bond acceptors (Lipinski definition) is 3. The van der Waals surface area contributed by atoms with Gasteiger partial charge in [0.2, 0.25) is 5.95 Å². The van der Waals surface area contributed by atoms with Gasteiger partial charge in [0.25, 0.3) is 0 Å². The molecule has 0 saturated carbocycles. The fourth-order valence-corrected chi connectivity index (χ4v) is 7.53. The van der Waals surface area contributed by atoms with Crippen LogP contribution in [0.25, 0.3) is 47.9 Å². The lowest BCUT2D eigenvalue weighted by Crippen LogP contribution is -2.12. The van der Waals surface area contributed by atoms with Crippen LogP contribution in [0.4, 0.5) is 0 Å². The molecule has 2 unspecified atom stereocenters. The van der Waals surface area contributed by atoms with Crippen LogP contribution < -0.4 is 0 Å². The lowest BCUT2D eigenvalue weighted by atomic mass is 9.89. The summed E-state index contributed by atoms with van der Waals surface area (Å²) >= 11 is 1.87. The van der Waals surface area contributed by atoms with Crippen molar-refractivity contribution in [3.05, 3.63) is 138 Å². The van der Waals surface area contributed by atoms with Gasteiger partial charge in [0, 0.05) is 42.8 Å². The Labute approximate surface area is 236 Å². The van der Waals surface area contributed by atoms with Gasteiger partial charge in [-0.3, -0.25) is 4.57 Å². The molecule has 2 atom stereocenters. The standard InChI is InChI=1S/C36H27N3S/c1-2-23-12-6-7-15-25(23)30-22-29(24-13-4-3-5-14-24)37-36(38-30)39-31-18-10-8-17-28(31)34-32(39)21-20-27-26-16-9-11-19-33(26)40-35(27)34/h2-13,15-22,24-25H,14H2,1H3/b23-2-. The Morgan fingerprint density at radius 1 is 0.800 bits per heavy atom. The van der Waals surface area contributed by atoms with Crippen LogP contribution >= 0.6 is 11.3 Å². The second kappa shape index (κ2) is 9.29. The molecule has 3 aromatic heterocycles. The maximum atomic E-state index is 5.30. The minimum atomic E-state index is 0.0982. The van der Waals surface area contributed by atoms with E-state index in [0.717, 1.165) is 34.8 Å². The zero-order valence-electron chi connectivity index (χ0n) is 22.2. The van der Waals surface area contributed by atoms with Gasteiger partial charge in [0.1, 0.15) is 0 Å². The molecule has 3 heterocycles. The highest BCUT2D eigenvalue weighted by Gasteiger charge is 2.23. The van der Waals surface area contributed by atoms with Crippen molar-refractivity contribution in [2.45, 2.75) is 25.2 Å². The normalized spacial score (nSPS) is 19.7. The highest BCUT2D eigenvalue weighted by Crippen LogP contribution is 2.43. The van der Waals surface area contributed by atoms with Crippen molar-refractivity contribution in [3.63, 3.8) is 0 Å². The molecule has 2 aliphatic carbocycles. The molecule has 0 spiro atoms. The van der Waals surface area contributed by atoms with Crippen LogP contribution in [-0.2, 0) is 0 Å². The molecule has 0 amide bonds. The van der Waals surface area contributed by atoms with Gasteiger partial charge in [-0.05, 0) is 43.2 Å². The summed E-state index contributed by atoms with van der Waals surface area (Å²) in [6.07, 6.45) is 20.5. The average molecular weight is 534 g/mol. The fourth-order valence-electron chi connectivity index (χ4n) is 6.27. The van der Waals surface area contributed by atoms with Crippen molar-refractivity contribution >= 4 is 53.3 Å². The quantitative estimate of drug-likeness (QED) is 0.227. The van der Waals surface area contributed by atoms with E-state index in [4.69, 9.17) is 9.97 Å². The SMILES string of the molecule is C/C=C1/C=CC=CC1c1cc(C2C=CC=CC2)nc(-n2c3ccccc3c3c4sc5ccccc5c4ccc32)n1. The van der Waals surface area contributed by atoms with Crippen molar-refractivity contribution in [2.75, 3.05) is 0 Å². The van der Waals surface area contributed by atoms with E-state index in [1.807, 2.05) is 11.3 Å². The zero-order valence-corrected chi connectivity index (χ0v) is 23.0. The van der Waals surface area contributed by atoms with Crippen molar-refractivity contribution in [1.29, 1.82) is 0 Å². The number of rotatable bonds is 3. The predicted molar refractivity (Wildman–Crippen MR) is 170 cm³/mol. The second-order valence-corrected chi connectivity index (χ2v) is 11.5. The van der Waals surface area contributed by atoms with E-state index in [9.17, 15) is 0 Å². The molecule has 0 N–H and O–H groups in total. The minimum Gasteiger partial charge on any atom is -0.278 e. The van der Waals surface area contributed by atoms with Crippen LogP contribution in [0.2, 0.25) is 0 Å². The molecule has 3 aromatic carbocycles. The molecule has 6 aromatic rings. The van der Waals surface area contributed by atoms with Crippen LogP contribution in [0.15, 0.2) is 127 Å².